The van der Waals surface area contributed by atoms with E-state index in [0.29, 0.717) is 42.6 Å². The van der Waals surface area contributed by atoms with Gasteiger partial charge in [0.15, 0.2) is 0 Å². The summed E-state index contributed by atoms with van der Waals surface area (Å²) in [5, 5.41) is 0. The lowest BCUT2D eigenvalue weighted by molar-refractivity contribution is -0.144. The Morgan fingerprint density at radius 1 is 1.14 bits per heavy atom. The largest absolute Gasteiger partial charge is 0.463 e. The van der Waals surface area contributed by atoms with E-state index in [9.17, 15) is 9.59 Å². The van der Waals surface area contributed by atoms with Crippen LogP contribution >= 0.6 is 0 Å². The Labute approximate surface area is 134 Å². The van der Waals surface area contributed by atoms with Crippen molar-refractivity contribution >= 4 is 11.9 Å². The average molecular weight is 310 g/mol. The highest BCUT2D eigenvalue weighted by molar-refractivity contribution is 6.01. The molecule has 0 fully saturated rings. The van der Waals surface area contributed by atoms with Gasteiger partial charge in [-0.2, -0.15) is 0 Å². The predicted molar refractivity (Wildman–Crippen MR) is 86.3 cm³/mol. The van der Waals surface area contributed by atoms with Crippen LogP contribution < -0.4 is 0 Å². The first kappa shape index (κ1) is 18.7. The zero-order valence-electron chi connectivity index (χ0n) is 14.8. The van der Waals surface area contributed by atoms with Crippen LogP contribution in [0.2, 0.25) is 0 Å². The standard InChI is InChI=1S/C18H30O4/c1-7-10-22-16(19)14-11-13(8-2)12(4)18(5,6)15(14)17(20)21-9-3/h12-13H,7-11H2,1-6H3. The van der Waals surface area contributed by atoms with E-state index < -0.39 is 5.41 Å². The van der Waals surface area contributed by atoms with Gasteiger partial charge in [-0.25, -0.2) is 9.59 Å². The highest BCUT2D eigenvalue weighted by atomic mass is 16.5. The Morgan fingerprint density at radius 2 is 1.77 bits per heavy atom. The smallest absolute Gasteiger partial charge is 0.335 e. The van der Waals surface area contributed by atoms with Gasteiger partial charge in [-0.05, 0) is 31.6 Å². The van der Waals surface area contributed by atoms with Gasteiger partial charge >= 0.3 is 11.9 Å². The van der Waals surface area contributed by atoms with Gasteiger partial charge in [0, 0.05) is 11.0 Å². The third-order valence-electron chi connectivity index (χ3n) is 4.95. The number of hydrogen-bond acceptors (Lipinski definition) is 4. The van der Waals surface area contributed by atoms with Crippen LogP contribution in [0.3, 0.4) is 0 Å². The van der Waals surface area contributed by atoms with Crippen molar-refractivity contribution in [3.05, 3.63) is 11.1 Å². The van der Waals surface area contributed by atoms with Crippen molar-refractivity contribution < 1.29 is 19.1 Å². The second kappa shape index (κ2) is 7.80. The summed E-state index contributed by atoms with van der Waals surface area (Å²) in [4.78, 5) is 24.9. The SMILES string of the molecule is CCCOC(=O)C1=C(C(=O)OCC)C(C)(C)C(C)C(CC)C1. The lowest BCUT2D eigenvalue weighted by atomic mass is 9.61. The molecule has 0 bridgehead atoms. The van der Waals surface area contributed by atoms with Crippen molar-refractivity contribution in [1.82, 2.24) is 0 Å². The summed E-state index contributed by atoms with van der Waals surface area (Å²) in [6.45, 7) is 12.8. The van der Waals surface area contributed by atoms with Crippen molar-refractivity contribution in [3.63, 3.8) is 0 Å². The zero-order chi connectivity index (χ0) is 16.9. The minimum absolute atomic E-state index is 0.305. The van der Waals surface area contributed by atoms with E-state index in [0.717, 1.165) is 12.8 Å². The van der Waals surface area contributed by atoms with Crippen molar-refractivity contribution in [2.45, 2.75) is 60.8 Å². The van der Waals surface area contributed by atoms with E-state index >= 15 is 0 Å². The lowest BCUT2D eigenvalue weighted by Gasteiger charge is -2.43. The molecule has 1 aliphatic rings. The second-order valence-corrected chi connectivity index (χ2v) is 6.59. The first-order valence-electron chi connectivity index (χ1n) is 8.38. The van der Waals surface area contributed by atoms with Crippen molar-refractivity contribution in [3.8, 4) is 0 Å². The van der Waals surface area contributed by atoms with Crippen molar-refractivity contribution in [2.24, 2.45) is 17.3 Å². The maximum atomic E-state index is 12.5. The molecule has 4 heteroatoms. The fourth-order valence-electron chi connectivity index (χ4n) is 3.30. The highest BCUT2D eigenvalue weighted by Gasteiger charge is 2.46. The molecule has 0 aromatic heterocycles. The molecule has 2 atom stereocenters. The highest BCUT2D eigenvalue weighted by Crippen LogP contribution is 2.49. The van der Waals surface area contributed by atoms with Gasteiger partial charge in [-0.15, -0.1) is 0 Å². The third kappa shape index (κ3) is 3.71. The number of ether oxygens (including phenoxy) is 2. The molecule has 4 nitrogen and oxygen atoms in total. The van der Waals surface area contributed by atoms with Crippen LogP contribution in [0.15, 0.2) is 11.1 Å². The fourth-order valence-corrected chi connectivity index (χ4v) is 3.30. The number of rotatable bonds is 6. The van der Waals surface area contributed by atoms with E-state index in [2.05, 4.69) is 13.8 Å². The molecule has 22 heavy (non-hydrogen) atoms. The Hall–Kier alpha value is -1.32. The van der Waals surface area contributed by atoms with Gasteiger partial charge in [-0.3, -0.25) is 0 Å². The van der Waals surface area contributed by atoms with Crippen LogP contribution in [-0.4, -0.2) is 25.2 Å². The van der Waals surface area contributed by atoms with E-state index in [1.54, 1.807) is 6.92 Å². The first-order chi connectivity index (χ1) is 10.3. The molecule has 0 aliphatic heterocycles. The van der Waals surface area contributed by atoms with E-state index in [1.165, 1.54) is 0 Å². The van der Waals surface area contributed by atoms with Crippen LogP contribution in [-0.2, 0) is 19.1 Å². The fraction of sp³-hybridized carbons (Fsp3) is 0.778. The summed E-state index contributed by atoms with van der Waals surface area (Å²) in [6.07, 6.45) is 2.34. The molecule has 0 amide bonds. The van der Waals surface area contributed by atoms with Gasteiger partial charge in [0.05, 0.1) is 18.8 Å². The molecule has 0 radical (unpaired) electrons. The Balaban J connectivity index is 3.31. The normalized spacial score (nSPS) is 24.1. The van der Waals surface area contributed by atoms with Gasteiger partial charge in [0.25, 0.3) is 0 Å². The topological polar surface area (TPSA) is 52.6 Å². The average Bonchev–Trinajstić information content (AvgIpc) is 2.47. The molecule has 2 unspecified atom stereocenters. The summed E-state index contributed by atoms with van der Waals surface area (Å²) in [6, 6.07) is 0. The van der Waals surface area contributed by atoms with Crippen LogP contribution in [0.1, 0.15) is 60.8 Å². The first-order valence-corrected chi connectivity index (χ1v) is 8.38. The van der Waals surface area contributed by atoms with Crippen LogP contribution in [0, 0.1) is 17.3 Å². The monoisotopic (exact) mass is 310 g/mol. The predicted octanol–water partition coefficient (Wildman–Crippen LogP) is 3.89. The summed E-state index contributed by atoms with van der Waals surface area (Å²) >= 11 is 0. The van der Waals surface area contributed by atoms with Gasteiger partial charge in [0.1, 0.15) is 0 Å². The minimum atomic E-state index is -0.397. The van der Waals surface area contributed by atoms with Crippen molar-refractivity contribution in [2.75, 3.05) is 13.2 Å². The van der Waals surface area contributed by atoms with Gasteiger partial charge in [-0.1, -0.05) is 41.0 Å². The molecular weight excluding hydrogens is 280 g/mol. The summed E-state index contributed by atoms with van der Waals surface area (Å²) in [5.74, 6) is -0.0577. The van der Waals surface area contributed by atoms with Gasteiger partial charge in [0.2, 0.25) is 0 Å². The van der Waals surface area contributed by atoms with Crippen LogP contribution in [0.25, 0.3) is 0 Å². The zero-order valence-corrected chi connectivity index (χ0v) is 14.8. The molecular formula is C18H30O4. The van der Waals surface area contributed by atoms with Crippen LogP contribution in [0.4, 0.5) is 0 Å². The Morgan fingerprint density at radius 3 is 2.27 bits per heavy atom. The van der Waals surface area contributed by atoms with Crippen LogP contribution in [0.5, 0.6) is 0 Å². The molecule has 0 heterocycles. The molecule has 0 aromatic rings. The van der Waals surface area contributed by atoms with E-state index in [-0.39, 0.29) is 11.9 Å². The Kier molecular flexibility index (Phi) is 6.64. The van der Waals surface area contributed by atoms with E-state index in [4.69, 9.17) is 9.47 Å². The molecule has 126 valence electrons. The third-order valence-corrected chi connectivity index (χ3v) is 4.95. The molecule has 1 aliphatic carbocycles. The summed E-state index contributed by atoms with van der Waals surface area (Å²) in [5.41, 5.74) is 0.626. The minimum Gasteiger partial charge on any atom is -0.463 e. The summed E-state index contributed by atoms with van der Waals surface area (Å²) < 4.78 is 10.5. The van der Waals surface area contributed by atoms with E-state index in [1.807, 2.05) is 20.8 Å². The maximum Gasteiger partial charge on any atom is 0.335 e. The van der Waals surface area contributed by atoms with Crippen molar-refractivity contribution in [1.29, 1.82) is 0 Å². The summed E-state index contributed by atoms with van der Waals surface area (Å²) in [7, 11) is 0. The second-order valence-electron chi connectivity index (χ2n) is 6.59. The number of esters is 2. The molecule has 0 aromatic carbocycles. The molecule has 0 saturated carbocycles. The number of hydrogen-bond donors (Lipinski definition) is 0. The molecule has 0 saturated heterocycles. The van der Waals surface area contributed by atoms with Gasteiger partial charge < -0.3 is 9.47 Å². The number of carbonyl (C=O) groups is 2. The quantitative estimate of drug-likeness (QED) is 0.698. The molecule has 0 N–H and O–H groups in total. The maximum absolute atomic E-state index is 12.5. The molecule has 1 rings (SSSR count). The Bertz CT molecular complexity index is 448. The molecule has 0 spiro atoms. The number of carbonyl (C=O) groups excluding carboxylic acids is 2. The lowest BCUT2D eigenvalue weighted by Crippen LogP contribution is -2.40.